The van der Waals surface area contributed by atoms with Crippen LogP contribution in [0.4, 0.5) is 5.13 Å². The number of benzene rings is 2. The molecule has 0 spiro atoms. The first kappa shape index (κ1) is 27.0. The largest absolute Gasteiger partial charge is 0.494 e. The molecule has 1 aromatic heterocycles. The van der Waals surface area contributed by atoms with Crippen LogP contribution in [0.5, 0.6) is 5.75 Å². The van der Waals surface area contributed by atoms with Crippen LogP contribution >= 0.6 is 23.7 Å². The molecule has 0 atom stereocenters. The van der Waals surface area contributed by atoms with Crippen molar-refractivity contribution in [2.45, 2.75) is 25.7 Å². The van der Waals surface area contributed by atoms with E-state index < -0.39 is 9.84 Å². The van der Waals surface area contributed by atoms with Gasteiger partial charge in [-0.1, -0.05) is 31.3 Å². The molecule has 3 aromatic rings. The fraction of sp³-hybridized carbons (Fsp3) is 0.391. The summed E-state index contributed by atoms with van der Waals surface area (Å²) in [6.45, 7) is 9.55. The van der Waals surface area contributed by atoms with E-state index in [-0.39, 0.29) is 23.2 Å². The molecule has 0 aliphatic heterocycles. The van der Waals surface area contributed by atoms with Crippen LogP contribution in [0.3, 0.4) is 0 Å². The minimum absolute atomic E-state index is 0. The van der Waals surface area contributed by atoms with Gasteiger partial charge in [0.25, 0.3) is 5.91 Å². The van der Waals surface area contributed by atoms with Crippen LogP contribution < -0.4 is 9.64 Å². The van der Waals surface area contributed by atoms with Crippen LogP contribution in [0, 0.1) is 0 Å². The summed E-state index contributed by atoms with van der Waals surface area (Å²) >= 11 is 1.42. The molecule has 7 nitrogen and oxygen atoms in total. The molecule has 0 radical (unpaired) electrons. The number of hydrogen-bond donors (Lipinski definition) is 0. The highest BCUT2D eigenvalue weighted by molar-refractivity contribution is 7.90. The number of aromatic nitrogens is 1. The Hall–Kier alpha value is -2.20. The highest BCUT2D eigenvalue weighted by Crippen LogP contribution is 2.32. The lowest BCUT2D eigenvalue weighted by atomic mass is 10.2. The third kappa shape index (κ3) is 6.66. The number of carbonyl (C=O) groups excluding carboxylic acids is 1. The Morgan fingerprint density at radius 3 is 2.42 bits per heavy atom. The maximum absolute atomic E-state index is 13.5. The number of anilines is 1. The molecule has 1 heterocycles. The second kappa shape index (κ2) is 11.8. The van der Waals surface area contributed by atoms with E-state index >= 15 is 0 Å². The van der Waals surface area contributed by atoms with Gasteiger partial charge in [0.2, 0.25) is 0 Å². The zero-order valence-corrected chi connectivity index (χ0v) is 21.7. The summed E-state index contributed by atoms with van der Waals surface area (Å²) in [5.41, 5.74) is 1.11. The van der Waals surface area contributed by atoms with Gasteiger partial charge in [0, 0.05) is 24.9 Å². The molecule has 0 saturated heterocycles. The number of amides is 1. The monoisotopic (exact) mass is 511 g/mol. The predicted molar refractivity (Wildman–Crippen MR) is 137 cm³/mol. The highest BCUT2D eigenvalue weighted by Gasteiger charge is 2.23. The summed E-state index contributed by atoms with van der Waals surface area (Å²) in [6.07, 6.45) is 1.14. The predicted octanol–water partition coefficient (Wildman–Crippen LogP) is 4.51. The minimum atomic E-state index is -3.42. The second-order valence-corrected chi connectivity index (χ2v) is 10.4. The number of rotatable bonds is 10. The molecule has 0 unspecified atom stereocenters. The first-order valence-electron chi connectivity index (χ1n) is 10.6. The lowest BCUT2D eigenvalue weighted by molar-refractivity contribution is 0.0983. The molecule has 2 aromatic carbocycles. The summed E-state index contributed by atoms with van der Waals surface area (Å²) in [7, 11) is -3.42. The number of thiazole rings is 1. The summed E-state index contributed by atoms with van der Waals surface area (Å²) < 4.78 is 30.5. The van der Waals surface area contributed by atoms with Gasteiger partial charge >= 0.3 is 0 Å². The summed E-state index contributed by atoms with van der Waals surface area (Å²) in [4.78, 5) is 22.2. The molecule has 0 fully saturated rings. The van der Waals surface area contributed by atoms with Crippen molar-refractivity contribution >= 4 is 54.8 Å². The van der Waals surface area contributed by atoms with Crippen molar-refractivity contribution in [1.29, 1.82) is 0 Å². The molecular formula is C23H30ClN3O4S2. The zero-order valence-electron chi connectivity index (χ0n) is 19.3. The first-order chi connectivity index (χ1) is 15.3. The fourth-order valence-corrected chi connectivity index (χ4v) is 5.03. The van der Waals surface area contributed by atoms with Crippen LogP contribution in [0.25, 0.3) is 10.2 Å². The van der Waals surface area contributed by atoms with E-state index in [4.69, 9.17) is 9.72 Å². The second-order valence-electron chi connectivity index (χ2n) is 7.34. The van der Waals surface area contributed by atoms with Gasteiger partial charge in [0.15, 0.2) is 15.0 Å². The maximum atomic E-state index is 13.5. The van der Waals surface area contributed by atoms with Crippen molar-refractivity contribution in [3.05, 3.63) is 48.0 Å². The first-order valence-corrected chi connectivity index (χ1v) is 13.3. The maximum Gasteiger partial charge on any atom is 0.260 e. The minimum Gasteiger partial charge on any atom is -0.494 e. The topological polar surface area (TPSA) is 79.8 Å². The Balaban J connectivity index is 0.00000385. The molecule has 33 heavy (non-hydrogen) atoms. The Morgan fingerprint density at radius 1 is 1.06 bits per heavy atom. The Bertz CT molecular complexity index is 1190. The molecule has 0 saturated carbocycles. The van der Waals surface area contributed by atoms with Gasteiger partial charge in [0.1, 0.15) is 5.75 Å². The van der Waals surface area contributed by atoms with Gasteiger partial charge in [-0.15, -0.1) is 12.4 Å². The zero-order chi connectivity index (χ0) is 23.3. The van der Waals surface area contributed by atoms with Crippen molar-refractivity contribution in [2.75, 3.05) is 43.9 Å². The van der Waals surface area contributed by atoms with E-state index in [0.29, 0.717) is 30.4 Å². The number of nitrogens with zero attached hydrogens (tertiary/aromatic N) is 3. The van der Waals surface area contributed by atoms with Crippen LogP contribution in [-0.4, -0.2) is 63.3 Å². The molecule has 0 bridgehead atoms. The molecule has 180 valence electrons. The lowest BCUT2D eigenvalue weighted by Crippen LogP contribution is -2.38. The number of hydrogen-bond acceptors (Lipinski definition) is 7. The molecular weight excluding hydrogens is 482 g/mol. The Labute approximate surface area is 205 Å². The number of likely N-dealkylation sites (N-methyl/N-ethyl adjacent to an activating group) is 1. The van der Waals surface area contributed by atoms with E-state index in [1.54, 1.807) is 17.0 Å². The molecule has 3 rings (SSSR count). The number of ether oxygens (including phenoxy) is 1. The molecule has 0 N–H and O–H groups in total. The van der Waals surface area contributed by atoms with Gasteiger partial charge in [-0.2, -0.15) is 0 Å². The Kier molecular flexibility index (Phi) is 9.66. The smallest absolute Gasteiger partial charge is 0.260 e. The van der Waals surface area contributed by atoms with E-state index in [2.05, 4.69) is 18.7 Å². The van der Waals surface area contributed by atoms with Crippen LogP contribution in [0.15, 0.2) is 47.4 Å². The van der Waals surface area contributed by atoms with Gasteiger partial charge in [0.05, 0.1) is 21.7 Å². The quantitative estimate of drug-likeness (QED) is 0.398. The third-order valence-corrected chi connectivity index (χ3v) is 7.33. The number of fused-ring (bicyclic) bond motifs is 1. The van der Waals surface area contributed by atoms with Gasteiger partial charge in [-0.3, -0.25) is 9.69 Å². The summed E-state index contributed by atoms with van der Waals surface area (Å²) in [5, 5.41) is 0.579. The SMILES string of the molecule is CCOc1ccc2nc(N(CCN(CC)CC)C(=O)c3cccc(S(C)(=O)=O)c3)sc2c1.Cl. The molecule has 0 aliphatic carbocycles. The summed E-state index contributed by atoms with van der Waals surface area (Å²) in [6, 6.07) is 11.9. The lowest BCUT2D eigenvalue weighted by Gasteiger charge is -2.24. The molecule has 10 heteroatoms. The van der Waals surface area contributed by atoms with Crippen molar-refractivity contribution in [2.24, 2.45) is 0 Å². The van der Waals surface area contributed by atoms with E-state index in [1.165, 1.54) is 23.5 Å². The number of halogens is 1. The van der Waals surface area contributed by atoms with E-state index in [0.717, 1.165) is 35.3 Å². The van der Waals surface area contributed by atoms with Crippen LogP contribution in [0.2, 0.25) is 0 Å². The third-order valence-electron chi connectivity index (χ3n) is 5.18. The van der Waals surface area contributed by atoms with E-state index in [1.807, 2.05) is 25.1 Å². The fourth-order valence-electron chi connectivity index (χ4n) is 3.35. The van der Waals surface area contributed by atoms with Gasteiger partial charge < -0.3 is 9.64 Å². The van der Waals surface area contributed by atoms with Gasteiger partial charge in [-0.25, -0.2) is 13.4 Å². The van der Waals surface area contributed by atoms with Crippen molar-refractivity contribution in [3.8, 4) is 5.75 Å². The normalized spacial score (nSPS) is 11.4. The van der Waals surface area contributed by atoms with Crippen molar-refractivity contribution < 1.29 is 17.9 Å². The van der Waals surface area contributed by atoms with Crippen LogP contribution in [0.1, 0.15) is 31.1 Å². The van der Waals surface area contributed by atoms with Crippen molar-refractivity contribution in [3.63, 3.8) is 0 Å². The van der Waals surface area contributed by atoms with E-state index in [9.17, 15) is 13.2 Å². The van der Waals surface area contributed by atoms with Gasteiger partial charge in [-0.05, 0) is 56.4 Å². The summed E-state index contributed by atoms with van der Waals surface area (Å²) in [5.74, 6) is 0.490. The standard InChI is InChI=1S/C23H29N3O4S2.ClH/c1-5-25(6-2)13-14-26(22(27)17-9-8-10-19(15-17)32(4,28)29)23-24-20-12-11-18(30-7-3)16-21(20)31-23;/h8-12,15-16H,5-7,13-14H2,1-4H3;1H. The van der Waals surface area contributed by atoms with Crippen LogP contribution in [-0.2, 0) is 9.84 Å². The number of carbonyl (C=O) groups is 1. The number of sulfone groups is 1. The molecule has 0 aliphatic rings. The average Bonchev–Trinajstić information content (AvgIpc) is 3.19. The van der Waals surface area contributed by atoms with Crippen molar-refractivity contribution in [1.82, 2.24) is 9.88 Å². The highest BCUT2D eigenvalue weighted by atomic mass is 35.5. The molecule has 1 amide bonds. The Morgan fingerprint density at radius 2 is 1.79 bits per heavy atom. The average molecular weight is 512 g/mol.